The lowest BCUT2D eigenvalue weighted by atomic mass is 9.57. The fourth-order valence-electron chi connectivity index (χ4n) is 24.6. The Hall–Kier alpha value is -1.31. The number of aldehydes is 1. The van der Waals surface area contributed by atoms with Crippen molar-refractivity contribution in [2.45, 2.75) is 391 Å². The van der Waals surface area contributed by atoms with Gasteiger partial charge in [0.2, 0.25) is 0 Å². The van der Waals surface area contributed by atoms with Crippen molar-refractivity contribution < 1.29 is 9.53 Å². The topological polar surface area (TPSA) is 26.3 Å². The van der Waals surface area contributed by atoms with Gasteiger partial charge >= 0.3 is 0 Å². The molecule has 1 rings (SSSR count). The summed E-state index contributed by atoms with van der Waals surface area (Å²) in [5, 5.41) is 0. The zero-order valence-electron chi connectivity index (χ0n) is 65.2. The van der Waals surface area contributed by atoms with E-state index in [0.29, 0.717) is 33.0 Å². The van der Waals surface area contributed by atoms with Crippen molar-refractivity contribution in [2.24, 2.45) is 92.1 Å². The molecule has 0 radical (unpaired) electrons. The maximum atomic E-state index is 12.1. The van der Waals surface area contributed by atoms with Gasteiger partial charge in [-0.25, -0.2) is 0 Å². The molecule has 0 aliphatic heterocycles. The zero-order valence-corrected chi connectivity index (χ0v) is 65.2. The maximum Gasteiger partial charge on any atom is 0.153 e. The molecule has 0 aliphatic carbocycles. The van der Waals surface area contributed by atoms with Gasteiger partial charge in [0.25, 0.3) is 0 Å². The molecule has 0 N–H and O–H groups in total. The van der Waals surface area contributed by atoms with Crippen LogP contribution in [0.2, 0.25) is 0 Å². The minimum atomic E-state index is -0.0842. The fourth-order valence-corrected chi connectivity index (χ4v) is 24.6. The lowest BCUT2D eigenvalue weighted by Gasteiger charge is -2.48. The number of hydrogen-bond donors (Lipinski definition) is 0. The molecule has 84 heavy (non-hydrogen) atoms. The Morgan fingerprint density at radius 3 is 0.631 bits per heavy atom. The number of rotatable bonds is 37. The maximum absolute atomic E-state index is 12.1. The summed E-state index contributed by atoms with van der Waals surface area (Å²) in [6.45, 7) is 97.9. The number of carbonyl (C=O) groups excluding carboxylic acids is 1. The SMILES string of the molecule is CC(C)Oc1ccc(C(C)(C)CC(C)(C)CC(C)(C)CC(C)(C)CC(C)(C)CC(C)(C)CC(C)(C)CC(C)(C)CC(C)(C)CC(C)(C)CC(C)(C)CC(C)(C)CC(C)(C)CC(C)(C)CC(C)(C)CC(C)(C)CC(C)(C)CC(C)(C)C)cc1C=O. The van der Waals surface area contributed by atoms with Crippen LogP contribution in [0, 0.1) is 92.1 Å². The Labute approximate surface area is 530 Å². The van der Waals surface area contributed by atoms with Crippen LogP contribution < -0.4 is 4.74 Å². The van der Waals surface area contributed by atoms with Crippen molar-refractivity contribution in [3.8, 4) is 5.75 Å². The third kappa shape index (κ3) is 32.4. The summed E-state index contributed by atoms with van der Waals surface area (Å²) >= 11 is 0. The van der Waals surface area contributed by atoms with Crippen LogP contribution in [0.1, 0.15) is 395 Å². The molecule has 2 nitrogen and oxygen atoms in total. The van der Waals surface area contributed by atoms with Gasteiger partial charge in [0.15, 0.2) is 6.29 Å². The average Bonchev–Trinajstić information content (AvgIpc) is 3.04. The van der Waals surface area contributed by atoms with Crippen LogP contribution in [0.5, 0.6) is 5.75 Å². The van der Waals surface area contributed by atoms with Crippen molar-refractivity contribution in [2.75, 3.05) is 0 Å². The van der Waals surface area contributed by atoms with Gasteiger partial charge in [0.05, 0.1) is 11.7 Å². The van der Waals surface area contributed by atoms with E-state index in [0.717, 1.165) is 19.1 Å². The summed E-state index contributed by atoms with van der Waals surface area (Å²) in [6.07, 6.45) is 21.9. The Kier molecular flexibility index (Phi) is 25.8. The highest BCUT2D eigenvalue weighted by molar-refractivity contribution is 5.79. The van der Waals surface area contributed by atoms with Gasteiger partial charge in [-0.15, -0.1) is 0 Å². The first kappa shape index (κ1) is 80.7. The average molecular weight is 1170 g/mol. The van der Waals surface area contributed by atoms with E-state index in [1.54, 1.807) is 0 Å². The van der Waals surface area contributed by atoms with Crippen LogP contribution in [-0.2, 0) is 5.41 Å². The van der Waals surface area contributed by atoms with E-state index >= 15 is 0 Å². The minimum Gasteiger partial charge on any atom is -0.490 e. The Morgan fingerprint density at radius 2 is 0.464 bits per heavy atom. The van der Waals surface area contributed by atoms with Crippen LogP contribution in [0.15, 0.2) is 18.2 Å². The molecule has 0 amide bonds. The monoisotopic (exact) mass is 1170 g/mol. The van der Waals surface area contributed by atoms with E-state index in [4.69, 9.17) is 4.74 Å². The van der Waals surface area contributed by atoms with Crippen LogP contribution in [0.3, 0.4) is 0 Å². The van der Waals surface area contributed by atoms with Crippen LogP contribution in [0.4, 0.5) is 0 Å². The predicted octanol–water partition coefficient (Wildman–Crippen LogP) is 27.7. The van der Waals surface area contributed by atoms with Crippen molar-refractivity contribution in [3.05, 3.63) is 29.3 Å². The van der Waals surface area contributed by atoms with Gasteiger partial charge in [0, 0.05) is 0 Å². The van der Waals surface area contributed by atoms with Crippen LogP contribution in [-0.4, -0.2) is 12.4 Å². The Balaban J connectivity index is 3.02. The third-order valence-electron chi connectivity index (χ3n) is 18.6. The minimum absolute atomic E-state index is 0.0287. The highest BCUT2D eigenvalue weighted by Crippen LogP contribution is 2.58. The highest BCUT2D eigenvalue weighted by Gasteiger charge is 2.46. The standard InChI is InChI=1S/C82H156O2/c1-61(2)84-64-41-40-63(42-62(64)43-83)82(38,39)60-81(36,37)59-80(34,35)58-79(32,33)57-78(30,31)56-77(28,29)55-76(26,27)54-75(24,25)53-74(22,23)52-73(20,21)51-72(18,19)50-71(16,17)49-70(14,15)48-69(12,13)47-68(10,11)46-67(8,9)45-66(6,7)44-65(3,4)5/h40-43,61H,44-60H2,1-39H3. The zero-order chi connectivity index (χ0) is 66.9. The number of ether oxygens (including phenoxy) is 1. The largest absolute Gasteiger partial charge is 0.490 e. The first-order valence-corrected chi connectivity index (χ1v) is 34.6. The van der Waals surface area contributed by atoms with Gasteiger partial charge in [-0.2, -0.15) is 0 Å². The van der Waals surface area contributed by atoms with Crippen molar-refractivity contribution in [1.82, 2.24) is 0 Å². The molecule has 0 atom stereocenters. The van der Waals surface area contributed by atoms with E-state index in [-0.39, 0.29) is 81.9 Å². The molecular formula is C82H156O2. The molecule has 0 bridgehead atoms. The van der Waals surface area contributed by atoms with Gasteiger partial charge in [-0.05, 0) is 238 Å². The summed E-state index contributed by atoms with van der Waals surface area (Å²) in [4.78, 5) is 12.1. The van der Waals surface area contributed by atoms with Crippen LogP contribution in [0.25, 0.3) is 0 Å². The number of hydrogen-bond acceptors (Lipinski definition) is 2. The summed E-state index contributed by atoms with van der Waals surface area (Å²) in [5.41, 5.74) is 6.03. The molecule has 1 aromatic carbocycles. The summed E-state index contributed by atoms with van der Waals surface area (Å²) in [5.74, 6) is 0.678. The third-order valence-corrected chi connectivity index (χ3v) is 18.6. The molecule has 0 heterocycles. The van der Waals surface area contributed by atoms with Gasteiger partial charge < -0.3 is 4.74 Å². The molecular weight excluding hydrogens is 1020 g/mol. The van der Waals surface area contributed by atoms with Crippen LogP contribution >= 0.6 is 0 Å². The molecule has 0 spiro atoms. The number of carbonyl (C=O) groups is 1. The van der Waals surface area contributed by atoms with E-state index in [2.05, 4.69) is 268 Å². The van der Waals surface area contributed by atoms with E-state index in [1.165, 1.54) is 102 Å². The van der Waals surface area contributed by atoms with Crippen molar-refractivity contribution >= 4 is 6.29 Å². The molecule has 0 aromatic heterocycles. The Morgan fingerprint density at radius 1 is 0.286 bits per heavy atom. The molecule has 0 aliphatic rings. The first-order chi connectivity index (χ1) is 36.4. The summed E-state index contributed by atoms with van der Waals surface area (Å²) in [7, 11) is 0. The first-order valence-electron chi connectivity index (χ1n) is 34.6. The molecule has 0 saturated carbocycles. The molecule has 0 unspecified atom stereocenters. The predicted molar refractivity (Wildman–Crippen MR) is 379 cm³/mol. The molecule has 1 aromatic rings. The highest BCUT2D eigenvalue weighted by atomic mass is 16.5. The second-order valence-corrected chi connectivity index (χ2v) is 45.1. The van der Waals surface area contributed by atoms with Crippen molar-refractivity contribution in [1.29, 1.82) is 0 Å². The van der Waals surface area contributed by atoms with Gasteiger partial charge in [-0.3, -0.25) is 4.79 Å². The molecule has 2 heteroatoms. The van der Waals surface area contributed by atoms with E-state index in [9.17, 15) is 4.79 Å². The fraction of sp³-hybridized carbons (Fsp3) is 0.915. The Bertz CT molecular complexity index is 2200. The molecule has 0 fully saturated rings. The molecule has 0 saturated heterocycles. The van der Waals surface area contributed by atoms with E-state index < -0.39 is 0 Å². The lowest BCUT2D eigenvalue weighted by Crippen LogP contribution is -2.37. The summed E-state index contributed by atoms with van der Waals surface area (Å²) < 4.78 is 5.97. The lowest BCUT2D eigenvalue weighted by molar-refractivity contribution is 0.0283. The van der Waals surface area contributed by atoms with E-state index in [1.807, 2.05) is 19.9 Å². The quantitative estimate of drug-likeness (QED) is 0.0621. The van der Waals surface area contributed by atoms with Crippen molar-refractivity contribution in [3.63, 3.8) is 0 Å². The second kappa shape index (κ2) is 26.9. The number of benzene rings is 1. The molecule has 496 valence electrons. The summed E-state index contributed by atoms with van der Waals surface area (Å²) in [6, 6.07) is 6.24. The van der Waals surface area contributed by atoms with Gasteiger partial charge in [-0.1, -0.05) is 262 Å². The van der Waals surface area contributed by atoms with Gasteiger partial charge in [0.1, 0.15) is 5.75 Å². The smallest absolute Gasteiger partial charge is 0.153 e. The normalized spacial score (nSPS) is 15.6. The second-order valence-electron chi connectivity index (χ2n) is 45.1.